The molecule has 0 bridgehead atoms. The molecule has 5 nitrogen and oxygen atoms in total. The molecule has 0 aliphatic carbocycles. The second-order valence-corrected chi connectivity index (χ2v) is 5.73. The van der Waals surface area contributed by atoms with Gasteiger partial charge in [0.25, 0.3) is 0 Å². The van der Waals surface area contributed by atoms with Gasteiger partial charge in [0.2, 0.25) is 0 Å². The average Bonchev–Trinajstić information content (AvgIpc) is 2.79. The van der Waals surface area contributed by atoms with E-state index in [0.717, 1.165) is 9.35 Å². The van der Waals surface area contributed by atoms with Crippen LogP contribution in [-0.4, -0.2) is 20.9 Å². The second kappa shape index (κ2) is 5.11. The van der Waals surface area contributed by atoms with Gasteiger partial charge in [-0.15, -0.1) is 11.3 Å². The number of nitrogens with zero attached hydrogens (tertiary/aromatic N) is 2. The minimum Gasteiger partial charge on any atom is -0.477 e. The molecule has 0 atom stereocenters. The van der Waals surface area contributed by atoms with Crippen molar-refractivity contribution in [3.8, 4) is 0 Å². The van der Waals surface area contributed by atoms with E-state index in [1.165, 1.54) is 0 Å². The number of carboxylic acid groups (broad SMARTS) is 1. The van der Waals surface area contributed by atoms with Gasteiger partial charge in [-0.1, -0.05) is 0 Å². The van der Waals surface area contributed by atoms with Gasteiger partial charge in [0.05, 0.1) is 12.2 Å². The van der Waals surface area contributed by atoms with E-state index in [1.807, 2.05) is 11.4 Å². The Morgan fingerprint density at radius 3 is 2.94 bits per heavy atom. The topological polar surface area (TPSA) is 67.2 Å². The molecule has 0 aliphatic heterocycles. The Morgan fingerprint density at radius 1 is 1.67 bits per heavy atom. The fourth-order valence-electron chi connectivity index (χ4n) is 1.73. The predicted octanol–water partition coefficient (Wildman–Crippen LogP) is 2.86. The Balaban J connectivity index is 2.21. The molecule has 2 rings (SSSR count). The van der Waals surface area contributed by atoms with Gasteiger partial charge in [-0.25, -0.2) is 4.79 Å². The zero-order chi connectivity index (χ0) is 13.3. The van der Waals surface area contributed by atoms with E-state index in [0.29, 0.717) is 18.1 Å². The average molecular weight is 330 g/mol. The highest BCUT2D eigenvalue weighted by Crippen LogP contribution is 2.23. The Hall–Kier alpha value is -1.34. The standard InChI is InChI=1S/C11H12BrN3O2S/c1-6-9(11(16)17)10(15(2)14-6)13-4-8-3-7(12)5-18-8/h3,5,13H,4H2,1-2H3,(H,16,17). The Morgan fingerprint density at radius 2 is 2.39 bits per heavy atom. The molecule has 0 aromatic carbocycles. The molecule has 2 heterocycles. The Bertz CT molecular complexity index is 591. The van der Waals surface area contributed by atoms with Gasteiger partial charge in [-0.2, -0.15) is 5.10 Å². The molecule has 0 fully saturated rings. The van der Waals surface area contributed by atoms with Gasteiger partial charge in [-0.3, -0.25) is 4.68 Å². The van der Waals surface area contributed by atoms with Gasteiger partial charge in [0, 0.05) is 21.8 Å². The van der Waals surface area contributed by atoms with Gasteiger partial charge < -0.3 is 10.4 Å². The first kappa shape index (κ1) is 13.1. The van der Waals surface area contributed by atoms with Crippen molar-refractivity contribution in [2.24, 2.45) is 7.05 Å². The number of aromatic carboxylic acids is 1. The van der Waals surface area contributed by atoms with Crippen LogP contribution >= 0.6 is 27.3 Å². The molecule has 0 unspecified atom stereocenters. The third-order valence-electron chi connectivity index (χ3n) is 2.49. The summed E-state index contributed by atoms with van der Waals surface area (Å²) in [5.41, 5.74) is 0.744. The van der Waals surface area contributed by atoms with Crippen LogP contribution in [0, 0.1) is 6.92 Å². The normalized spacial score (nSPS) is 10.6. The molecule has 0 radical (unpaired) electrons. The Kier molecular flexibility index (Phi) is 3.72. The smallest absolute Gasteiger partial charge is 0.341 e. The molecule has 0 spiro atoms. The number of anilines is 1. The minimum absolute atomic E-state index is 0.230. The number of halogens is 1. The van der Waals surface area contributed by atoms with E-state index in [9.17, 15) is 4.79 Å². The molecule has 18 heavy (non-hydrogen) atoms. The van der Waals surface area contributed by atoms with E-state index < -0.39 is 5.97 Å². The molecule has 96 valence electrons. The first-order valence-electron chi connectivity index (χ1n) is 5.22. The number of aryl methyl sites for hydroxylation is 2. The highest BCUT2D eigenvalue weighted by Gasteiger charge is 2.19. The summed E-state index contributed by atoms with van der Waals surface area (Å²) in [7, 11) is 1.73. The van der Waals surface area contributed by atoms with Gasteiger partial charge >= 0.3 is 5.97 Å². The van der Waals surface area contributed by atoms with Crippen LogP contribution in [0.4, 0.5) is 5.82 Å². The third kappa shape index (κ3) is 2.56. The maximum absolute atomic E-state index is 11.2. The van der Waals surface area contributed by atoms with Crippen molar-refractivity contribution in [2.45, 2.75) is 13.5 Å². The number of thiophene rings is 1. The van der Waals surface area contributed by atoms with Crippen LogP contribution in [0.2, 0.25) is 0 Å². The summed E-state index contributed by atoms with van der Waals surface area (Å²) in [6.45, 7) is 2.27. The van der Waals surface area contributed by atoms with Crippen molar-refractivity contribution in [3.05, 3.63) is 32.1 Å². The fraction of sp³-hybridized carbons (Fsp3) is 0.273. The summed E-state index contributed by atoms with van der Waals surface area (Å²) in [5, 5.41) is 18.4. The first-order valence-corrected chi connectivity index (χ1v) is 6.90. The van der Waals surface area contributed by atoms with Gasteiger partial charge in [0.1, 0.15) is 11.4 Å². The summed E-state index contributed by atoms with van der Waals surface area (Å²) >= 11 is 4.99. The molecule has 2 N–H and O–H groups in total. The molecule has 7 heteroatoms. The van der Waals surface area contributed by atoms with Crippen LogP contribution in [-0.2, 0) is 13.6 Å². The monoisotopic (exact) mass is 329 g/mol. The van der Waals surface area contributed by atoms with Crippen molar-refractivity contribution in [1.29, 1.82) is 0 Å². The van der Waals surface area contributed by atoms with Gasteiger partial charge in [0.15, 0.2) is 0 Å². The first-order chi connectivity index (χ1) is 8.49. The maximum Gasteiger partial charge on any atom is 0.341 e. The van der Waals surface area contributed by atoms with Crippen LogP contribution in [0.5, 0.6) is 0 Å². The second-order valence-electron chi connectivity index (χ2n) is 3.82. The number of hydrogen-bond donors (Lipinski definition) is 2. The SMILES string of the molecule is Cc1nn(C)c(NCc2cc(Br)cs2)c1C(=O)O. The lowest BCUT2D eigenvalue weighted by Crippen LogP contribution is -2.08. The van der Waals surface area contributed by atoms with Crippen molar-refractivity contribution in [3.63, 3.8) is 0 Å². The molecule has 0 saturated carbocycles. The van der Waals surface area contributed by atoms with Crippen LogP contribution in [0.25, 0.3) is 0 Å². The van der Waals surface area contributed by atoms with Crippen molar-refractivity contribution < 1.29 is 9.90 Å². The number of nitrogens with one attached hydrogen (secondary N) is 1. The van der Waals surface area contributed by atoms with E-state index in [1.54, 1.807) is 30.0 Å². The highest BCUT2D eigenvalue weighted by atomic mass is 79.9. The summed E-state index contributed by atoms with van der Waals surface area (Å²) < 4.78 is 2.59. The van der Waals surface area contributed by atoms with E-state index in [-0.39, 0.29) is 5.56 Å². The number of carbonyl (C=O) groups is 1. The fourth-order valence-corrected chi connectivity index (χ4v) is 3.13. The van der Waals surface area contributed by atoms with Crippen molar-refractivity contribution in [1.82, 2.24) is 9.78 Å². The Labute approximate surface area is 117 Å². The summed E-state index contributed by atoms with van der Waals surface area (Å²) in [6, 6.07) is 2.00. The lowest BCUT2D eigenvalue weighted by atomic mass is 10.2. The van der Waals surface area contributed by atoms with Crippen LogP contribution in [0.3, 0.4) is 0 Å². The largest absolute Gasteiger partial charge is 0.477 e. The van der Waals surface area contributed by atoms with E-state index in [4.69, 9.17) is 5.11 Å². The predicted molar refractivity (Wildman–Crippen MR) is 74.3 cm³/mol. The molecule has 2 aromatic rings. The zero-order valence-electron chi connectivity index (χ0n) is 9.90. The van der Waals surface area contributed by atoms with Gasteiger partial charge in [-0.05, 0) is 28.9 Å². The molecule has 0 amide bonds. The summed E-state index contributed by atoms with van der Waals surface area (Å²) in [6.07, 6.45) is 0. The molecular weight excluding hydrogens is 318 g/mol. The van der Waals surface area contributed by atoms with E-state index >= 15 is 0 Å². The summed E-state index contributed by atoms with van der Waals surface area (Å²) in [4.78, 5) is 12.3. The summed E-state index contributed by atoms with van der Waals surface area (Å²) in [5.74, 6) is -0.431. The van der Waals surface area contributed by atoms with Crippen LogP contribution < -0.4 is 5.32 Å². The lowest BCUT2D eigenvalue weighted by Gasteiger charge is -2.06. The molecule has 0 aliphatic rings. The van der Waals surface area contributed by atoms with Crippen molar-refractivity contribution >= 4 is 39.1 Å². The van der Waals surface area contributed by atoms with Crippen LogP contribution in [0.1, 0.15) is 20.9 Å². The number of aromatic nitrogens is 2. The minimum atomic E-state index is -0.963. The lowest BCUT2D eigenvalue weighted by molar-refractivity contribution is 0.0697. The van der Waals surface area contributed by atoms with Crippen molar-refractivity contribution in [2.75, 3.05) is 5.32 Å². The zero-order valence-corrected chi connectivity index (χ0v) is 12.3. The molecular formula is C11H12BrN3O2S. The van der Waals surface area contributed by atoms with Crippen LogP contribution in [0.15, 0.2) is 15.9 Å². The third-order valence-corrected chi connectivity index (χ3v) is 4.19. The number of hydrogen-bond acceptors (Lipinski definition) is 4. The maximum atomic E-state index is 11.2. The quantitative estimate of drug-likeness (QED) is 0.905. The molecule has 2 aromatic heterocycles. The molecule has 0 saturated heterocycles. The van der Waals surface area contributed by atoms with E-state index in [2.05, 4.69) is 26.3 Å². The highest BCUT2D eigenvalue weighted by molar-refractivity contribution is 9.10. The number of rotatable bonds is 4. The number of carboxylic acids is 1.